The smallest absolute Gasteiger partial charge is 0.360 e. The van der Waals surface area contributed by atoms with E-state index in [0.717, 1.165) is 12.1 Å². The standard InChI is InChI=1S/C17H13F3N4O2/c1-10-8-15(24-26-10)23-16(25)14-7-6-13(9-21-14)22-12-4-2-11(3-5-12)17(18,19)20/h2-9,22H,1H3,(H,23,24,25). The molecule has 134 valence electrons. The fraction of sp³-hybridized carbons (Fsp3) is 0.118. The van der Waals surface area contributed by atoms with E-state index in [1.54, 1.807) is 19.1 Å². The number of rotatable bonds is 4. The molecule has 0 aliphatic heterocycles. The lowest BCUT2D eigenvalue weighted by Gasteiger charge is -2.09. The van der Waals surface area contributed by atoms with Gasteiger partial charge in [0, 0.05) is 11.8 Å². The molecule has 0 unspecified atom stereocenters. The summed E-state index contributed by atoms with van der Waals surface area (Å²) in [4.78, 5) is 16.1. The van der Waals surface area contributed by atoms with Crippen LogP contribution in [0.25, 0.3) is 0 Å². The van der Waals surface area contributed by atoms with Gasteiger partial charge in [0.1, 0.15) is 11.5 Å². The van der Waals surface area contributed by atoms with Gasteiger partial charge >= 0.3 is 6.18 Å². The molecule has 2 N–H and O–H groups in total. The third kappa shape index (κ3) is 4.18. The van der Waals surface area contributed by atoms with Crippen molar-refractivity contribution in [3.8, 4) is 0 Å². The summed E-state index contributed by atoms with van der Waals surface area (Å²) in [5.41, 5.74) is 0.425. The van der Waals surface area contributed by atoms with E-state index in [-0.39, 0.29) is 11.5 Å². The summed E-state index contributed by atoms with van der Waals surface area (Å²) in [7, 11) is 0. The van der Waals surface area contributed by atoms with Crippen molar-refractivity contribution in [1.29, 1.82) is 0 Å². The predicted molar refractivity (Wildman–Crippen MR) is 88.2 cm³/mol. The molecule has 0 atom stereocenters. The van der Waals surface area contributed by atoms with Crippen molar-refractivity contribution in [3.63, 3.8) is 0 Å². The van der Waals surface area contributed by atoms with E-state index >= 15 is 0 Å². The number of aryl methyl sites for hydroxylation is 1. The van der Waals surface area contributed by atoms with Crippen molar-refractivity contribution in [2.24, 2.45) is 0 Å². The van der Waals surface area contributed by atoms with Crippen LogP contribution >= 0.6 is 0 Å². The first kappa shape index (κ1) is 17.5. The van der Waals surface area contributed by atoms with Gasteiger partial charge in [0.05, 0.1) is 17.4 Å². The largest absolute Gasteiger partial charge is 0.416 e. The molecule has 3 rings (SSSR count). The summed E-state index contributed by atoms with van der Waals surface area (Å²) in [5.74, 6) is 0.380. The Morgan fingerprint density at radius 3 is 2.31 bits per heavy atom. The lowest BCUT2D eigenvalue weighted by molar-refractivity contribution is -0.137. The maximum Gasteiger partial charge on any atom is 0.416 e. The van der Waals surface area contributed by atoms with Crippen LogP contribution < -0.4 is 10.6 Å². The molecule has 0 spiro atoms. The van der Waals surface area contributed by atoms with Crippen molar-refractivity contribution in [1.82, 2.24) is 10.1 Å². The van der Waals surface area contributed by atoms with Gasteiger partial charge in [-0.15, -0.1) is 0 Å². The van der Waals surface area contributed by atoms with Crippen LogP contribution in [0.4, 0.5) is 30.4 Å². The SMILES string of the molecule is Cc1cc(NC(=O)c2ccc(Nc3ccc(C(F)(F)F)cc3)cn2)no1. The van der Waals surface area contributed by atoms with Crippen LogP contribution in [-0.4, -0.2) is 16.0 Å². The number of carbonyl (C=O) groups is 1. The minimum atomic E-state index is -4.38. The molecule has 0 bridgehead atoms. The van der Waals surface area contributed by atoms with Gasteiger partial charge in [-0.3, -0.25) is 4.79 Å². The molecule has 0 aliphatic carbocycles. The van der Waals surface area contributed by atoms with Crippen LogP contribution in [0.2, 0.25) is 0 Å². The zero-order valence-corrected chi connectivity index (χ0v) is 13.5. The number of aromatic nitrogens is 2. The summed E-state index contributed by atoms with van der Waals surface area (Å²) < 4.78 is 42.5. The first-order valence-corrected chi connectivity index (χ1v) is 7.46. The lowest BCUT2D eigenvalue weighted by atomic mass is 10.2. The normalized spacial score (nSPS) is 11.2. The molecule has 6 nitrogen and oxygen atoms in total. The molecule has 2 heterocycles. The van der Waals surface area contributed by atoms with E-state index in [4.69, 9.17) is 4.52 Å². The zero-order valence-electron chi connectivity index (χ0n) is 13.5. The molecular formula is C17H13F3N4O2. The Labute approximate surface area is 146 Å². The van der Waals surface area contributed by atoms with Gasteiger partial charge in [-0.2, -0.15) is 13.2 Å². The monoisotopic (exact) mass is 362 g/mol. The Kier molecular flexibility index (Phi) is 4.61. The minimum Gasteiger partial charge on any atom is -0.360 e. The predicted octanol–water partition coefficient (Wildman–Crippen LogP) is 4.39. The molecular weight excluding hydrogens is 349 g/mol. The first-order chi connectivity index (χ1) is 12.3. The average Bonchev–Trinajstić information content (AvgIpc) is 3.00. The fourth-order valence-corrected chi connectivity index (χ4v) is 2.12. The summed E-state index contributed by atoms with van der Waals surface area (Å²) in [5, 5.41) is 9.10. The van der Waals surface area contributed by atoms with Gasteiger partial charge in [0.15, 0.2) is 5.82 Å². The number of hydrogen-bond acceptors (Lipinski definition) is 5. The van der Waals surface area contributed by atoms with Gasteiger partial charge < -0.3 is 15.2 Å². The number of halogens is 3. The third-order valence-corrected chi connectivity index (χ3v) is 3.37. The van der Waals surface area contributed by atoms with E-state index in [1.807, 2.05) is 0 Å². The molecule has 0 fully saturated rings. The maximum atomic E-state index is 12.5. The van der Waals surface area contributed by atoms with E-state index < -0.39 is 17.6 Å². The van der Waals surface area contributed by atoms with E-state index in [1.165, 1.54) is 24.4 Å². The highest BCUT2D eigenvalue weighted by Crippen LogP contribution is 2.30. The van der Waals surface area contributed by atoms with Crippen molar-refractivity contribution in [2.45, 2.75) is 13.1 Å². The zero-order chi connectivity index (χ0) is 18.7. The summed E-state index contributed by atoms with van der Waals surface area (Å²) >= 11 is 0. The molecule has 2 aromatic heterocycles. The molecule has 0 aliphatic rings. The Morgan fingerprint density at radius 1 is 1.08 bits per heavy atom. The molecule has 1 amide bonds. The average molecular weight is 362 g/mol. The number of carbonyl (C=O) groups excluding carboxylic acids is 1. The fourth-order valence-electron chi connectivity index (χ4n) is 2.12. The minimum absolute atomic E-state index is 0.156. The number of benzene rings is 1. The van der Waals surface area contributed by atoms with Crippen molar-refractivity contribution in [2.75, 3.05) is 10.6 Å². The Morgan fingerprint density at radius 2 is 1.77 bits per heavy atom. The van der Waals surface area contributed by atoms with Crippen LogP contribution in [0.1, 0.15) is 21.8 Å². The highest BCUT2D eigenvalue weighted by molar-refractivity contribution is 6.02. The van der Waals surface area contributed by atoms with E-state index in [9.17, 15) is 18.0 Å². The maximum absolute atomic E-state index is 12.5. The number of alkyl halides is 3. The number of pyridine rings is 1. The van der Waals surface area contributed by atoms with Gasteiger partial charge in [-0.05, 0) is 43.3 Å². The van der Waals surface area contributed by atoms with Gasteiger partial charge in [-0.25, -0.2) is 4.98 Å². The number of hydrogen-bond donors (Lipinski definition) is 2. The summed E-state index contributed by atoms with van der Waals surface area (Å²) in [6, 6.07) is 9.24. The lowest BCUT2D eigenvalue weighted by Crippen LogP contribution is -2.13. The van der Waals surface area contributed by atoms with Crippen LogP contribution in [0.5, 0.6) is 0 Å². The van der Waals surface area contributed by atoms with E-state index in [0.29, 0.717) is 17.1 Å². The van der Waals surface area contributed by atoms with E-state index in [2.05, 4.69) is 20.8 Å². The second kappa shape index (κ2) is 6.87. The highest BCUT2D eigenvalue weighted by Gasteiger charge is 2.29. The number of amides is 1. The highest BCUT2D eigenvalue weighted by atomic mass is 19.4. The molecule has 1 aromatic carbocycles. The Bertz CT molecular complexity index is 903. The number of nitrogens with one attached hydrogen (secondary N) is 2. The van der Waals surface area contributed by atoms with Crippen molar-refractivity contribution in [3.05, 3.63) is 65.7 Å². The molecule has 0 saturated heterocycles. The second-order valence-corrected chi connectivity index (χ2v) is 5.41. The van der Waals surface area contributed by atoms with Crippen LogP contribution in [0.3, 0.4) is 0 Å². The third-order valence-electron chi connectivity index (χ3n) is 3.37. The van der Waals surface area contributed by atoms with Crippen LogP contribution in [-0.2, 0) is 6.18 Å². The summed E-state index contributed by atoms with van der Waals surface area (Å²) in [6.45, 7) is 1.70. The van der Waals surface area contributed by atoms with Crippen molar-refractivity contribution < 1.29 is 22.5 Å². The Balaban J connectivity index is 1.65. The molecule has 0 saturated carbocycles. The molecule has 26 heavy (non-hydrogen) atoms. The number of nitrogens with zero attached hydrogens (tertiary/aromatic N) is 2. The first-order valence-electron chi connectivity index (χ1n) is 7.46. The molecule has 9 heteroatoms. The number of anilines is 3. The van der Waals surface area contributed by atoms with Gasteiger partial charge in [0.25, 0.3) is 5.91 Å². The summed E-state index contributed by atoms with van der Waals surface area (Å²) in [6.07, 6.45) is -2.97. The molecule has 3 aromatic rings. The Hall–Kier alpha value is -3.36. The second-order valence-electron chi connectivity index (χ2n) is 5.41. The quantitative estimate of drug-likeness (QED) is 0.719. The van der Waals surface area contributed by atoms with Gasteiger partial charge in [-0.1, -0.05) is 5.16 Å². The van der Waals surface area contributed by atoms with Crippen LogP contribution in [0, 0.1) is 6.92 Å². The topological polar surface area (TPSA) is 80.0 Å². The van der Waals surface area contributed by atoms with Gasteiger partial charge in [0.2, 0.25) is 0 Å². The van der Waals surface area contributed by atoms with Crippen LogP contribution in [0.15, 0.2) is 53.2 Å². The molecule has 0 radical (unpaired) electrons. The van der Waals surface area contributed by atoms with Crippen molar-refractivity contribution >= 4 is 23.1 Å².